The Kier molecular flexibility index (Phi) is 7.06. The lowest BCUT2D eigenvalue weighted by Gasteiger charge is -2.19. The van der Waals surface area contributed by atoms with Crippen molar-refractivity contribution in [2.45, 2.75) is 39.7 Å². The summed E-state index contributed by atoms with van der Waals surface area (Å²) >= 11 is 5.89. The molecule has 0 saturated carbocycles. The van der Waals surface area contributed by atoms with E-state index in [0.29, 0.717) is 24.4 Å². The Bertz CT molecular complexity index is 1150. The molecule has 9 nitrogen and oxygen atoms in total. The Morgan fingerprint density at radius 1 is 1.26 bits per heavy atom. The van der Waals surface area contributed by atoms with Gasteiger partial charge in [0.15, 0.2) is 0 Å². The molecule has 1 N–H and O–H groups in total. The van der Waals surface area contributed by atoms with Gasteiger partial charge in [-0.25, -0.2) is 4.79 Å². The van der Waals surface area contributed by atoms with Gasteiger partial charge >= 0.3 is 5.97 Å². The van der Waals surface area contributed by atoms with Crippen LogP contribution in [0.3, 0.4) is 0 Å². The van der Waals surface area contributed by atoms with E-state index >= 15 is 0 Å². The number of rotatable bonds is 8. The number of ether oxygens (including phenoxy) is 1. The van der Waals surface area contributed by atoms with Crippen molar-refractivity contribution in [3.63, 3.8) is 0 Å². The number of aromatic nitrogens is 3. The summed E-state index contributed by atoms with van der Waals surface area (Å²) in [5, 5.41) is 7.05. The topological polar surface area (TPSA) is 116 Å². The Hall–Kier alpha value is -3.20. The second kappa shape index (κ2) is 9.74. The van der Waals surface area contributed by atoms with Gasteiger partial charge in [-0.05, 0) is 44.4 Å². The molecule has 2 aromatic heterocycles. The lowest BCUT2D eigenvalue weighted by Crippen LogP contribution is -2.39. The third kappa shape index (κ3) is 4.77. The van der Waals surface area contributed by atoms with Gasteiger partial charge in [0.2, 0.25) is 11.6 Å². The quantitative estimate of drug-likeness (QED) is 0.529. The molecule has 0 radical (unpaired) electrons. The molecule has 164 valence electrons. The molecule has 3 aromatic rings. The summed E-state index contributed by atoms with van der Waals surface area (Å²) in [6, 6.07) is 6.55. The van der Waals surface area contributed by atoms with Crippen molar-refractivity contribution in [3.8, 4) is 0 Å². The Balaban J connectivity index is 1.86. The number of hydrogen-bond acceptors (Lipinski definition) is 7. The summed E-state index contributed by atoms with van der Waals surface area (Å²) < 4.78 is 11.2. The maximum Gasteiger partial charge on any atom is 0.361 e. The van der Waals surface area contributed by atoms with Crippen molar-refractivity contribution in [2.24, 2.45) is 0 Å². The van der Waals surface area contributed by atoms with Gasteiger partial charge in [0, 0.05) is 11.6 Å². The van der Waals surface area contributed by atoms with Crippen molar-refractivity contribution in [2.75, 3.05) is 13.2 Å². The van der Waals surface area contributed by atoms with Gasteiger partial charge in [0.25, 0.3) is 11.3 Å². The fourth-order valence-corrected chi connectivity index (χ4v) is 3.43. The van der Waals surface area contributed by atoms with Crippen LogP contribution in [0.1, 0.15) is 48.2 Å². The SMILES string of the molecule is CCOC(=O)c1noc2nc(C)n([C@H](CC)C(=O)NCCc3ccc(Cl)cc3)c(=O)c12. The van der Waals surface area contributed by atoms with Gasteiger partial charge < -0.3 is 14.6 Å². The lowest BCUT2D eigenvalue weighted by molar-refractivity contribution is -0.124. The van der Waals surface area contributed by atoms with Crippen molar-refractivity contribution in [3.05, 3.63) is 56.7 Å². The minimum atomic E-state index is -0.806. The Morgan fingerprint density at radius 3 is 2.61 bits per heavy atom. The van der Waals surface area contributed by atoms with Gasteiger partial charge in [-0.3, -0.25) is 14.2 Å². The smallest absolute Gasteiger partial charge is 0.361 e. The van der Waals surface area contributed by atoms with E-state index in [4.69, 9.17) is 20.9 Å². The number of esters is 1. The number of benzene rings is 1. The van der Waals surface area contributed by atoms with Crippen LogP contribution in [0.25, 0.3) is 11.1 Å². The van der Waals surface area contributed by atoms with E-state index < -0.39 is 17.6 Å². The van der Waals surface area contributed by atoms with Gasteiger partial charge in [-0.1, -0.05) is 35.8 Å². The molecule has 31 heavy (non-hydrogen) atoms. The average molecular weight is 447 g/mol. The molecule has 1 atom stereocenters. The van der Waals surface area contributed by atoms with Crippen LogP contribution in [0, 0.1) is 6.92 Å². The zero-order chi connectivity index (χ0) is 22.5. The summed E-state index contributed by atoms with van der Waals surface area (Å²) in [6.07, 6.45) is 0.962. The van der Waals surface area contributed by atoms with E-state index in [1.165, 1.54) is 4.57 Å². The zero-order valence-electron chi connectivity index (χ0n) is 17.5. The fraction of sp³-hybridized carbons (Fsp3) is 0.381. The monoisotopic (exact) mass is 446 g/mol. The van der Waals surface area contributed by atoms with E-state index in [1.807, 2.05) is 12.1 Å². The van der Waals surface area contributed by atoms with Crippen molar-refractivity contribution < 1.29 is 18.8 Å². The van der Waals surface area contributed by atoms with Crippen LogP contribution in [-0.4, -0.2) is 39.7 Å². The maximum atomic E-state index is 13.2. The van der Waals surface area contributed by atoms with E-state index in [0.717, 1.165) is 5.56 Å². The van der Waals surface area contributed by atoms with Crippen LogP contribution >= 0.6 is 11.6 Å². The molecule has 0 fully saturated rings. The molecule has 0 aliphatic heterocycles. The summed E-state index contributed by atoms with van der Waals surface area (Å²) in [5.74, 6) is -0.822. The van der Waals surface area contributed by atoms with Crippen LogP contribution in [0.4, 0.5) is 0 Å². The van der Waals surface area contributed by atoms with Crippen LogP contribution in [0.5, 0.6) is 0 Å². The first-order valence-electron chi connectivity index (χ1n) is 9.95. The van der Waals surface area contributed by atoms with Crippen LogP contribution in [-0.2, 0) is 16.0 Å². The first-order chi connectivity index (χ1) is 14.9. The third-order valence-corrected chi connectivity index (χ3v) is 5.07. The highest BCUT2D eigenvalue weighted by Gasteiger charge is 2.28. The standard InChI is InChI=1S/C21H23ClN4O5/c1-4-15(18(27)23-11-10-13-6-8-14(22)9-7-13)26-12(3)24-19-16(20(26)28)17(25-31-19)21(29)30-5-2/h6-9,15H,4-5,10-11H2,1-3H3,(H,23,27)/t15-/m1/s1. The summed E-state index contributed by atoms with van der Waals surface area (Å²) in [6.45, 7) is 5.54. The van der Waals surface area contributed by atoms with E-state index in [2.05, 4.69) is 15.5 Å². The molecule has 2 heterocycles. The largest absolute Gasteiger partial charge is 0.461 e. The molecule has 10 heteroatoms. The van der Waals surface area contributed by atoms with Gasteiger partial charge in [-0.2, -0.15) is 4.98 Å². The highest BCUT2D eigenvalue weighted by atomic mass is 35.5. The first-order valence-corrected chi connectivity index (χ1v) is 10.3. The molecule has 0 unspecified atom stereocenters. The van der Waals surface area contributed by atoms with Crippen molar-refractivity contribution in [1.29, 1.82) is 0 Å². The third-order valence-electron chi connectivity index (χ3n) is 4.81. The summed E-state index contributed by atoms with van der Waals surface area (Å²) in [4.78, 5) is 42.4. The molecule has 0 bridgehead atoms. The number of nitrogens with one attached hydrogen (secondary N) is 1. The minimum Gasteiger partial charge on any atom is -0.461 e. The number of aryl methyl sites for hydroxylation is 1. The summed E-state index contributed by atoms with van der Waals surface area (Å²) in [5.41, 5.74) is 0.130. The number of hydrogen-bond donors (Lipinski definition) is 1. The second-order valence-corrected chi connectivity index (χ2v) is 7.29. The van der Waals surface area contributed by atoms with Gasteiger partial charge in [0.1, 0.15) is 17.3 Å². The number of carbonyl (C=O) groups excluding carboxylic acids is 2. The molecule has 1 amide bonds. The van der Waals surface area contributed by atoms with E-state index in [9.17, 15) is 14.4 Å². The number of halogens is 1. The lowest BCUT2D eigenvalue weighted by atomic mass is 10.1. The van der Waals surface area contributed by atoms with Gasteiger partial charge in [-0.15, -0.1) is 0 Å². The normalized spacial score (nSPS) is 12.0. The van der Waals surface area contributed by atoms with Crippen LogP contribution in [0.2, 0.25) is 5.02 Å². The number of fused-ring (bicyclic) bond motifs is 1. The highest BCUT2D eigenvalue weighted by Crippen LogP contribution is 2.18. The van der Waals surface area contributed by atoms with Crippen LogP contribution < -0.4 is 10.9 Å². The highest BCUT2D eigenvalue weighted by molar-refractivity contribution is 6.30. The first kappa shape index (κ1) is 22.5. The summed E-state index contributed by atoms with van der Waals surface area (Å²) in [7, 11) is 0. The Morgan fingerprint density at radius 2 is 1.97 bits per heavy atom. The molecular weight excluding hydrogens is 424 g/mol. The molecule has 3 rings (SSSR count). The predicted octanol–water partition coefficient (Wildman–Crippen LogP) is 2.83. The molecule has 0 saturated heterocycles. The Labute approximate surface area is 183 Å². The van der Waals surface area contributed by atoms with Gasteiger partial charge in [0.05, 0.1) is 6.61 Å². The maximum absolute atomic E-state index is 13.2. The average Bonchev–Trinajstić information content (AvgIpc) is 3.16. The van der Waals surface area contributed by atoms with Crippen molar-refractivity contribution >= 4 is 34.6 Å². The number of carbonyl (C=O) groups is 2. The zero-order valence-corrected chi connectivity index (χ0v) is 18.2. The molecule has 0 aliphatic rings. The van der Waals surface area contributed by atoms with Crippen molar-refractivity contribution in [1.82, 2.24) is 20.0 Å². The predicted molar refractivity (Wildman–Crippen MR) is 114 cm³/mol. The molecular formula is C21H23ClN4O5. The molecule has 0 spiro atoms. The number of nitrogens with zero attached hydrogens (tertiary/aromatic N) is 3. The van der Waals surface area contributed by atoms with Crippen LogP contribution in [0.15, 0.2) is 33.6 Å². The van der Waals surface area contributed by atoms with E-state index in [1.54, 1.807) is 32.9 Å². The fourth-order valence-electron chi connectivity index (χ4n) is 3.31. The second-order valence-electron chi connectivity index (χ2n) is 6.86. The number of amides is 1. The molecule has 1 aromatic carbocycles. The molecule has 0 aliphatic carbocycles. The minimum absolute atomic E-state index is 0.0696. The van der Waals surface area contributed by atoms with E-state index in [-0.39, 0.29) is 35.1 Å².